The van der Waals surface area contributed by atoms with Crippen molar-refractivity contribution in [2.45, 2.75) is 25.3 Å². The first-order valence-corrected chi connectivity index (χ1v) is 10.1. The van der Waals surface area contributed by atoms with Crippen molar-refractivity contribution in [1.82, 2.24) is 14.7 Å². The fraction of sp³-hybridized carbons (Fsp3) is 0.450. The minimum atomic E-state index is -0.294. The number of halogens is 1. The lowest BCUT2D eigenvalue weighted by molar-refractivity contribution is 0.0526. The van der Waals surface area contributed by atoms with Crippen molar-refractivity contribution in [3.8, 4) is 0 Å². The molecule has 1 fully saturated rings. The van der Waals surface area contributed by atoms with Gasteiger partial charge in [0.25, 0.3) is 5.56 Å². The highest BCUT2D eigenvalue weighted by molar-refractivity contribution is 9.10. The maximum absolute atomic E-state index is 12.1. The summed E-state index contributed by atoms with van der Waals surface area (Å²) in [7, 11) is 3.71. The highest BCUT2D eigenvalue weighted by Crippen LogP contribution is 2.29. The number of carbonyl (C=O) groups excluding carboxylic acids is 1. The molecule has 2 atom stereocenters. The van der Waals surface area contributed by atoms with Crippen molar-refractivity contribution in [2.75, 3.05) is 32.1 Å². The van der Waals surface area contributed by atoms with E-state index in [0.717, 1.165) is 19.5 Å². The van der Waals surface area contributed by atoms with Gasteiger partial charge in [0, 0.05) is 26.2 Å². The minimum absolute atomic E-state index is 0.166. The third-order valence-corrected chi connectivity index (χ3v) is 5.73. The van der Waals surface area contributed by atoms with E-state index in [1.54, 1.807) is 20.2 Å². The van der Waals surface area contributed by atoms with Gasteiger partial charge in [-0.3, -0.25) is 4.79 Å². The number of rotatable bonds is 5. The first-order valence-electron chi connectivity index (χ1n) is 9.33. The van der Waals surface area contributed by atoms with Crippen molar-refractivity contribution < 1.29 is 9.53 Å². The summed E-state index contributed by atoms with van der Waals surface area (Å²) >= 11 is 3.37. The number of anilines is 1. The van der Waals surface area contributed by atoms with E-state index in [9.17, 15) is 9.59 Å². The Morgan fingerprint density at radius 3 is 2.68 bits per heavy atom. The monoisotopic (exact) mass is 448 g/mol. The van der Waals surface area contributed by atoms with Crippen molar-refractivity contribution in [2.24, 2.45) is 7.05 Å². The van der Waals surface area contributed by atoms with Gasteiger partial charge in [-0.2, -0.15) is 5.10 Å². The summed E-state index contributed by atoms with van der Waals surface area (Å²) in [5.41, 5.74) is 2.30. The van der Waals surface area contributed by atoms with Gasteiger partial charge in [0.15, 0.2) is 0 Å². The molecule has 8 heteroatoms. The Balaban J connectivity index is 1.73. The molecule has 1 aromatic heterocycles. The number of benzene rings is 1. The smallest absolute Gasteiger partial charge is 0.338 e. The Bertz CT molecular complexity index is 897. The molecule has 0 amide bonds. The maximum Gasteiger partial charge on any atom is 0.338 e. The van der Waals surface area contributed by atoms with E-state index in [1.165, 1.54) is 10.2 Å². The van der Waals surface area contributed by atoms with E-state index in [-0.39, 0.29) is 17.6 Å². The number of hydrogen-bond donors (Lipinski definition) is 1. The zero-order chi connectivity index (χ0) is 20.3. The lowest BCUT2D eigenvalue weighted by Gasteiger charge is -2.36. The molecule has 0 spiro atoms. The molecule has 0 unspecified atom stereocenters. The molecule has 150 valence electrons. The van der Waals surface area contributed by atoms with Crippen LogP contribution in [0.1, 0.15) is 35.2 Å². The van der Waals surface area contributed by atoms with Crippen LogP contribution in [-0.4, -0.2) is 53.4 Å². The number of aromatic nitrogens is 2. The number of nitrogens with zero attached hydrogens (tertiary/aromatic N) is 3. The number of likely N-dealkylation sites (tertiary alicyclic amines) is 1. The summed E-state index contributed by atoms with van der Waals surface area (Å²) in [6, 6.07) is 7.84. The SMILES string of the molecule is CCOC(=O)c1ccc([C@H]2C[C@@H](Nc3cnn(C)c(=O)c3Br)CN(C)C2)cc1. The van der Waals surface area contributed by atoms with Crippen molar-refractivity contribution in [3.63, 3.8) is 0 Å². The van der Waals surface area contributed by atoms with Crippen LogP contribution in [0.2, 0.25) is 0 Å². The second-order valence-corrected chi connectivity index (χ2v) is 7.93. The quantitative estimate of drug-likeness (QED) is 0.708. The Morgan fingerprint density at radius 1 is 1.29 bits per heavy atom. The molecule has 7 nitrogen and oxygen atoms in total. The molecule has 0 saturated carbocycles. The molecular weight excluding hydrogens is 424 g/mol. The van der Waals surface area contributed by atoms with Gasteiger partial charge in [-0.1, -0.05) is 12.1 Å². The Labute approximate surface area is 172 Å². The molecule has 1 aromatic carbocycles. The largest absolute Gasteiger partial charge is 0.462 e. The number of ether oxygens (including phenoxy) is 1. The minimum Gasteiger partial charge on any atom is -0.462 e. The molecule has 0 bridgehead atoms. The Hall–Kier alpha value is -2.19. The van der Waals surface area contributed by atoms with E-state index < -0.39 is 0 Å². The fourth-order valence-electron chi connectivity index (χ4n) is 3.60. The van der Waals surface area contributed by atoms with Crippen LogP contribution in [0.4, 0.5) is 5.69 Å². The number of hydrogen-bond acceptors (Lipinski definition) is 6. The first-order chi connectivity index (χ1) is 13.4. The molecule has 1 aliphatic heterocycles. The summed E-state index contributed by atoms with van der Waals surface area (Å²) < 4.78 is 6.84. The third kappa shape index (κ3) is 4.62. The first kappa shape index (κ1) is 20.5. The average molecular weight is 449 g/mol. The maximum atomic E-state index is 12.1. The number of piperidine rings is 1. The molecule has 0 radical (unpaired) electrons. The van der Waals surface area contributed by atoms with Gasteiger partial charge in [0.05, 0.1) is 24.1 Å². The highest BCUT2D eigenvalue weighted by Gasteiger charge is 2.27. The van der Waals surface area contributed by atoms with Crippen molar-refractivity contribution in [3.05, 3.63) is 56.4 Å². The highest BCUT2D eigenvalue weighted by atomic mass is 79.9. The van der Waals surface area contributed by atoms with Gasteiger partial charge >= 0.3 is 5.97 Å². The molecule has 2 aromatic rings. The lowest BCUT2D eigenvalue weighted by atomic mass is 9.88. The Morgan fingerprint density at radius 2 is 2.00 bits per heavy atom. The van der Waals surface area contributed by atoms with Crippen LogP contribution in [0, 0.1) is 0 Å². The van der Waals surface area contributed by atoms with Gasteiger partial charge in [0.2, 0.25) is 0 Å². The van der Waals surface area contributed by atoms with Crippen LogP contribution in [0.25, 0.3) is 0 Å². The second-order valence-electron chi connectivity index (χ2n) is 7.14. The number of nitrogens with one attached hydrogen (secondary N) is 1. The van der Waals surface area contributed by atoms with Gasteiger partial charge in [-0.25, -0.2) is 9.48 Å². The molecule has 3 rings (SSSR count). The van der Waals surface area contributed by atoms with Gasteiger partial charge in [0.1, 0.15) is 4.47 Å². The zero-order valence-electron chi connectivity index (χ0n) is 16.3. The lowest BCUT2D eigenvalue weighted by Crippen LogP contribution is -2.43. The van der Waals surface area contributed by atoms with E-state index in [1.807, 2.05) is 24.3 Å². The summed E-state index contributed by atoms with van der Waals surface area (Å²) in [6.07, 6.45) is 2.59. The standard InChI is InChI=1S/C20H25BrN4O3/c1-4-28-20(27)14-7-5-13(6-8-14)15-9-16(12-24(2)11-15)23-17-10-22-25(3)19(26)18(17)21/h5-8,10,15-16,23H,4,9,11-12H2,1-3H3/t15-,16+/m0/s1. The van der Waals surface area contributed by atoms with E-state index in [0.29, 0.717) is 28.2 Å². The molecule has 1 aliphatic rings. The fourth-order valence-corrected chi connectivity index (χ4v) is 4.08. The normalized spacial score (nSPS) is 20.0. The molecule has 28 heavy (non-hydrogen) atoms. The van der Waals surface area contributed by atoms with E-state index in [2.05, 4.69) is 38.3 Å². The predicted molar refractivity (Wildman–Crippen MR) is 112 cm³/mol. The molecule has 2 heterocycles. The summed E-state index contributed by atoms with van der Waals surface area (Å²) in [6.45, 7) is 3.98. The van der Waals surface area contributed by atoms with Gasteiger partial charge < -0.3 is 15.0 Å². The van der Waals surface area contributed by atoms with Crippen LogP contribution in [0.5, 0.6) is 0 Å². The number of likely N-dealkylation sites (N-methyl/N-ethyl adjacent to an activating group) is 1. The summed E-state index contributed by atoms with van der Waals surface area (Å²) in [5, 5.41) is 7.55. The van der Waals surface area contributed by atoms with Crippen LogP contribution in [0.3, 0.4) is 0 Å². The van der Waals surface area contributed by atoms with E-state index >= 15 is 0 Å². The van der Waals surface area contributed by atoms with E-state index in [4.69, 9.17) is 4.74 Å². The third-order valence-electron chi connectivity index (χ3n) is 4.96. The van der Waals surface area contributed by atoms with Crippen LogP contribution in [0.15, 0.2) is 39.7 Å². The van der Waals surface area contributed by atoms with Gasteiger partial charge in [-0.15, -0.1) is 0 Å². The number of aryl methyl sites for hydroxylation is 1. The topological polar surface area (TPSA) is 76.5 Å². The van der Waals surface area contributed by atoms with Gasteiger partial charge in [-0.05, 0) is 59.9 Å². The molecule has 1 N–H and O–H groups in total. The second kappa shape index (κ2) is 8.87. The Kier molecular flexibility index (Phi) is 6.51. The molecule has 1 saturated heterocycles. The molecular formula is C20H25BrN4O3. The number of carbonyl (C=O) groups is 1. The van der Waals surface area contributed by atoms with Crippen molar-refractivity contribution in [1.29, 1.82) is 0 Å². The predicted octanol–water partition coefficient (Wildman–Crippen LogP) is 2.62. The van der Waals surface area contributed by atoms with Crippen molar-refractivity contribution >= 4 is 27.6 Å². The van der Waals surface area contributed by atoms with Crippen LogP contribution < -0.4 is 10.9 Å². The molecule has 0 aliphatic carbocycles. The zero-order valence-corrected chi connectivity index (χ0v) is 17.9. The van der Waals surface area contributed by atoms with Crippen LogP contribution in [-0.2, 0) is 11.8 Å². The number of esters is 1. The van der Waals surface area contributed by atoms with Crippen LogP contribution >= 0.6 is 15.9 Å². The summed E-state index contributed by atoms with van der Waals surface area (Å²) in [5.74, 6) is 0.0307. The summed E-state index contributed by atoms with van der Waals surface area (Å²) in [4.78, 5) is 26.2. The average Bonchev–Trinajstić information content (AvgIpc) is 2.68.